The summed E-state index contributed by atoms with van der Waals surface area (Å²) in [6.45, 7) is 4.64. The van der Waals surface area contributed by atoms with Crippen LogP contribution in [0, 0.1) is 0 Å². The second-order valence-corrected chi connectivity index (χ2v) is 13.1. The van der Waals surface area contributed by atoms with E-state index in [9.17, 15) is 19.5 Å². The minimum atomic E-state index is -0.883. The Bertz CT molecular complexity index is 1360. The predicted octanol–water partition coefficient (Wildman–Crippen LogP) is 4.43. The van der Waals surface area contributed by atoms with Crippen molar-refractivity contribution in [2.75, 3.05) is 19.6 Å². The van der Waals surface area contributed by atoms with Gasteiger partial charge in [0.25, 0.3) is 5.91 Å². The first-order valence-corrected chi connectivity index (χ1v) is 16.3. The van der Waals surface area contributed by atoms with Gasteiger partial charge in [-0.15, -0.1) is 0 Å². The lowest BCUT2D eigenvalue weighted by atomic mass is 9.77. The number of nitrogens with one attached hydrogen (secondary N) is 1. The summed E-state index contributed by atoms with van der Waals surface area (Å²) in [6, 6.07) is 13.5. The topological polar surface area (TPSA) is 128 Å². The van der Waals surface area contributed by atoms with Gasteiger partial charge in [0.15, 0.2) is 0 Å². The maximum absolute atomic E-state index is 13.8. The van der Waals surface area contributed by atoms with Gasteiger partial charge in [-0.05, 0) is 74.1 Å². The number of hydrogen-bond acceptors (Lipinski definition) is 5. The Labute approximate surface area is 264 Å². The van der Waals surface area contributed by atoms with Crippen molar-refractivity contribution in [3.63, 3.8) is 0 Å². The van der Waals surface area contributed by atoms with E-state index in [1.54, 1.807) is 36.4 Å². The number of carbonyl (C=O) groups is 3. The average molecular weight is 622 g/mol. The van der Waals surface area contributed by atoms with Crippen molar-refractivity contribution in [2.24, 2.45) is 10.7 Å². The standard InChI is InChI=1S/C34H44ClN5O4/c1-2-3-19-40-31(42)28(22-33(44)15-5-4-6-16-33)37-32(43)34(40)17-20-39(21-18-34)23-24-7-9-26(10-8-24)30(41)38-29(36)25-11-13-27(35)14-12-25/h7-14,28,44H,2-6,15-23H2,1H3,(H,37,43)(H2,36,38,41)/t28-/m1/s1. The number of piperazine rings is 1. The zero-order chi connectivity index (χ0) is 31.3. The maximum atomic E-state index is 13.8. The molecular formula is C34H44ClN5O4. The van der Waals surface area contributed by atoms with Crippen molar-refractivity contribution >= 4 is 35.2 Å². The van der Waals surface area contributed by atoms with Gasteiger partial charge in [0, 0.05) is 48.7 Å². The van der Waals surface area contributed by atoms with Crippen LogP contribution in [0.3, 0.4) is 0 Å². The number of benzene rings is 2. The van der Waals surface area contributed by atoms with Crippen LogP contribution < -0.4 is 11.1 Å². The Morgan fingerprint density at radius 2 is 1.64 bits per heavy atom. The molecular weight excluding hydrogens is 578 g/mol. The van der Waals surface area contributed by atoms with Crippen molar-refractivity contribution in [1.82, 2.24) is 15.1 Å². The zero-order valence-electron chi connectivity index (χ0n) is 25.6. The lowest BCUT2D eigenvalue weighted by Crippen LogP contribution is -2.73. The second kappa shape index (κ2) is 13.8. The summed E-state index contributed by atoms with van der Waals surface area (Å²) in [5.74, 6) is -0.422. The Morgan fingerprint density at radius 3 is 2.27 bits per heavy atom. The summed E-state index contributed by atoms with van der Waals surface area (Å²) in [6.07, 6.45) is 7.55. The molecule has 2 heterocycles. The van der Waals surface area contributed by atoms with E-state index in [1.807, 2.05) is 17.0 Å². The molecule has 2 aliphatic heterocycles. The number of halogens is 1. The maximum Gasteiger partial charge on any atom is 0.278 e. The molecule has 2 aromatic carbocycles. The van der Waals surface area contributed by atoms with Gasteiger partial charge >= 0.3 is 0 Å². The lowest BCUT2D eigenvalue weighted by Gasteiger charge is -2.52. The molecule has 44 heavy (non-hydrogen) atoms. The molecule has 3 fully saturated rings. The number of amidine groups is 1. The largest absolute Gasteiger partial charge is 0.390 e. The molecule has 3 aliphatic rings. The van der Waals surface area contributed by atoms with Crippen LogP contribution in [0.25, 0.3) is 0 Å². The number of nitrogens with two attached hydrogens (primary N) is 1. The fourth-order valence-electron chi connectivity index (χ4n) is 6.90. The van der Waals surface area contributed by atoms with Crippen molar-refractivity contribution in [1.29, 1.82) is 0 Å². The van der Waals surface area contributed by atoms with E-state index in [-0.39, 0.29) is 17.6 Å². The quantitative estimate of drug-likeness (QED) is 0.281. The van der Waals surface area contributed by atoms with Crippen LogP contribution in [0.4, 0.5) is 0 Å². The summed E-state index contributed by atoms with van der Waals surface area (Å²) in [4.78, 5) is 48.4. The highest BCUT2D eigenvalue weighted by molar-refractivity contribution is 6.30. The first-order valence-electron chi connectivity index (χ1n) is 15.9. The normalized spacial score (nSPS) is 22.2. The van der Waals surface area contributed by atoms with E-state index < -0.39 is 23.1 Å². The third-order valence-electron chi connectivity index (χ3n) is 9.56. The summed E-state index contributed by atoms with van der Waals surface area (Å²) in [5.41, 5.74) is 6.40. The zero-order valence-corrected chi connectivity index (χ0v) is 26.3. The molecule has 4 N–H and O–H groups in total. The minimum Gasteiger partial charge on any atom is -0.390 e. The molecule has 10 heteroatoms. The van der Waals surface area contributed by atoms with Crippen LogP contribution in [-0.4, -0.2) is 75.3 Å². The van der Waals surface area contributed by atoms with Gasteiger partial charge in [-0.1, -0.05) is 56.3 Å². The van der Waals surface area contributed by atoms with Gasteiger partial charge in [-0.3, -0.25) is 19.3 Å². The molecule has 1 spiro atoms. The Morgan fingerprint density at radius 1 is 1.00 bits per heavy atom. The minimum absolute atomic E-state index is 0.0508. The van der Waals surface area contributed by atoms with Gasteiger partial charge in [0.05, 0.1) is 5.60 Å². The van der Waals surface area contributed by atoms with E-state index in [2.05, 4.69) is 22.1 Å². The van der Waals surface area contributed by atoms with Crippen molar-refractivity contribution in [3.05, 3.63) is 70.2 Å². The van der Waals surface area contributed by atoms with Crippen molar-refractivity contribution in [3.8, 4) is 0 Å². The predicted molar refractivity (Wildman–Crippen MR) is 171 cm³/mol. The Kier molecular flexibility index (Phi) is 10.1. The van der Waals surface area contributed by atoms with Crippen LogP contribution in [0.2, 0.25) is 5.02 Å². The van der Waals surface area contributed by atoms with E-state index >= 15 is 0 Å². The molecule has 0 aromatic heterocycles. The van der Waals surface area contributed by atoms with Gasteiger partial charge in [0.1, 0.15) is 17.4 Å². The van der Waals surface area contributed by atoms with Crippen LogP contribution in [-0.2, 0) is 16.1 Å². The number of hydrogen-bond donors (Lipinski definition) is 3. The van der Waals surface area contributed by atoms with Crippen LogP contribution in [0.5, 0.6) is 0 Å². The van der Waals surface area contributed by atoms with Crippen molar-refractivity contribution < 1.29 is 19.5 Å². The van der Waals surface area contributed by atoms with Crippen LogP contribution in [0.1, 0.15) is 92.6 Å². The highest BCUT2D eigenvalue weighted by Crippen LogP contribution is 2.37. The van der Waals surface area contributed by atoms with Crippen LogP contribution in [0.15, 0.2) is 53.5 Å². The van der Waals surface area contributed by atoms with Crippen molar-refractivity contribution in [2.45, 2.75) is 94.9 Å². The highest BCUT2D eigenvalue weighted by atomic mass is 35.5. The number of rotatable bonds is 9. The third kappa shape index (κ3) is 7.16. The van der Waals surface area contributed by atoms with Gasteiger partial charge in [-0.25, -0.2) is 0 Å². The molecule has 236 valence electrons. The number of aliphatic imine (C=N–C) groups is 1. The van der Waals surface area contributed by atoms with E-state index in [0.717, 1.165) is 37.7 Å². The number of unbranched alkanes of at least 4 members (excludes halogenated alkanes) is 1. The molecule has 2 aromatic rings. The van der Waals surface area contributed by atoms with Gasteiger partial charge in [0.2, 0.25) is 11.8 Å². The second-order valence-electron chi connectivity index (χ2n) is 12.7. The van der Waals surface area contributed by atoms with Gasteiger partial charge in [-0.2, -0.15) is 4.99 Å². The van der Waals surface area contributed by atoms with E-state index in [1.165, 1.54) is 0 Å². The molecule has 1 saturated carbocycles. The average Bonchev–Trinajstić information content (AvgIpc) is 3.02. The summed E-state index contributed by atoms with van der Waals surface area (Å²) >= 11 is 5.92. The monoisotopic (exact) mass is 621 g/mol. The molecule has 0 bridgehead atoms. The molecule has 0 unspecified atom stereocenters. The fraction of sp³-hybridized carbons (Fsp3) is 0.529. The fourth-order valence-corrected chi connectivity index (χ4v) is 7.02. The SMILES string of the molecule is CCCCN1C(=O)[C@@H](CC2(O)CCCCC2)NC(=O)C12CCN(Cc1ccc(C(=O)N=C(N)c3ccc(Cl)cc3)cc1)CC2. The Balaban J connectivity index is 1.20. The smallest absolute Gasteiger partial charge is 0.278 e. The number of aliphatic hydroxyl groups is 1. The summed E-state index contributed by atoms with van der Waals surface area (Å²) < 4.78 is 0. The highest BCUT2D eigenvalue weighted by Gasteiger charge is 2.54. The molecule has 0 radical (unpaired) electrons. The molecule has 1 aliphatic carbocycles. The molecule has 2 saturated heterocycles. The molecule has 9 nitrogen and oxygen atoms in total. The van der Waals surface area contributed by atoms with E-state index in [4.69, 9.17) is 17.3 Å². The number of nitrogens with zero attached hydrogens (tertiary/aromatic N) is 3. The number of amides is 3. The third-order valence-corrected chi connectivity index (χ3v) is 9.82. The summed E-state index contributed by atoms with van der Waals surface area (Å²) in [7, 11) is 0. The lowest BCUT2D eigenvalue weighted by molar-refractivity contribution is -0.163. The molecule has 5 rings (SSSR count). The molecule has 1 atom stereocenters. The summed E-state index contributed by atoms with van der Waals surface area (Å²) in [5, 5.41) is 14.8. The number of likely N-dealkylation sites (tertiary alicyclic amines) is 1. The van der Waals surface area contributed by atoms with E-state index in [0.29, 0.717) is 74.4 Å². The van der Waals surface area contributed by atoms with Gasteiger partial charge < -0.3 is 21.1 Å². The number of piperidine rings is 1. The first kappa shape index (κ1) is 32.1. The Hall–Kier alpha value is -3.27. The molecule has 3 amide bonds. The van der Waals surface area contributed by atoms with Crippen LogP contribution >= 0.6 is 11.6 Å². The first-order chi connectivity index (χ1) is 21.1. The number of carbonyl (C=O) groups excluding carboxylic acids is 3.